The van der Waals surface area contributed by atoms with E-state index in [1.54, 1.807) is 18.2 Å². The number of piperazine rings is 1. The lowest BCUT2D eigenvalue weighted by Gasteiger charge is -2.35. The van der Waals surface area contributed by atoms with Crippen LogP contribution < -0.4 is 9.88 Å². The van der Waals surface area contributed by atoms with E-state index in [1.807, 2.05) is 35.5 Å². The van der Waals surface area contributed by atoms with E-state index < -0.39 is 0 Å². The number of furan rings is 1. The maximum atomic E-state index is 12.7. The quantitative estimate of drug-likeness (QED) is 0.719. The molecule has 3 heterocycles. The molecule has 0 radical (unpaired) electrons. The summed E-state index contributed by atoms with van der Waals surface area (Å²) in [6, 6.07) is 11.2. The first kappa shape index (κ1) is 15.0. The summed E-state index contributed by atoms with van der Waals surface area (Å²) in [6.45, 7) is 2.97. The number of hydrogen-bond donors (Lipinski definition) is 0. The zero-order chi connectivity index (χ0) is 16.5. The number of anilines is 1. The van der Waals surface area contributed by atoms with Crippen LogP contribution >= 0.6 is 11.6 Å². The summed E-state index contributed by atoms with van der Waals surface area (Å²) in [5.74, 6) is 0.304. The smallest absolute Gasteiger partial charge is 0.289 e. The Morgan fingerprint density at radius 1 is 1.04 bits per heavy atom. The summed E-state index contributed by atoms with van der Waals surface area (Å²) in [4.78, 5) is 19.8. The Balaban J connectivity index is 1.47. The largest absolute Gasteiger partial charge is 0.451 e. The van der Waals surface area contributed by atoms with Crippen molar-refractivity contribution in [3.63, 3.8) is 0 Å². The lowest BCUT2D eigenvalue weighted by atomic mass is 10.2. The van der Waals surface area contributed by atoms with Crippen LogP contribution in [0.4, 0.5) is 5.69 Å². The third-order valence-electron chi connectivity index (χ3n) is 4.32. The number of aromatic nitrogens is 1. The van der Waals surface area contributed by atoms with Gasteiger partial charge in [-0.15, -0.1) is 0 Å². The highest BCUT2D eigenvalue weighted by molar-refractivity contribution is 6.31. The van der Waals surface area contributed by atoms with Crippen LogP contribution in [-0.4, -0.2) is 37.0 Å². The molecule has 24 heavy (non-hydrogen) atoms. The van der Waals surface area contributed by atoms with Crippen LogP contribution in [0.2, 0.25) is 5.02 Å². The molecule has 0 saturated carbocycles. The normalized spacial score (nSPS) is 15.0. The number of nitrogens with zero attached hydrogens (tertiary/aromatic N) is 2. The first-order valence-electron chi connectivity index (χ1n) is 7.90. The van der Waals surface area contributed by atoms with Gasteiger partial charge in [0.15, 0.2) is 18.2 Å². The van der Waals surface area contributed by atoms with E-state index in [0.29, 0.717) is 29.5 Å². The minimum atomic E-state index is -0.0663. The van der Waals surface area contributed by atoms with Crippen LogP contribution in [0.5, 0.6) is 0 Å². The number of H-pyrrole nitrogens is 1. The summed E-state index contributed by atoms with van der Waals surface area (Å²) < 4.78 is 5.68. The summed E-state index contributed by atoms with van der Waals surface area (Å²) in [5, 5.41) is 1.49. The van der Waals surface area contributed by atoms with Gasteiger partial charge in [0.05, 0.1) is 0 Å². The van der Waals surface area contributed by atoms with Gasteiger partial charge in [0.25, 0.3) is 5.91 Å². The Morgan fingerprint density at radius 3 is 2.54 bits per heavy atom. The Morgan fingerprint density at radius 2 is 1.79 bits per heavy atom. The van der Waals surface area contributed by atoms with Crippen molar-refractivity contribution in [1.29, 1.82) is 0 Å². The Bertz CT molecular complexity index is 870. The first-order chi connectivity index (χ1) is 11.7. The van der Waals surface area contributed by atoms with Crippen molar-refractivity contribution in [2.24, 2.45) is 0 Å². The number of hydrogen-bond acceptors (Lipinski definition) is 3. The van der Waals surface area contributed by atoms with Crippen molar-refractivity contribution in [3.8, 4) is 0 Å². The Hall–Kier alpha value is -2.53. The van der Waals surface area contributed by atoms with E-state index in [1.165, 1.54) is 5.69 Å². The summed E-state index contributed by atoms with van der Waals surface area (Å²) in [5.41, 5.74) is 1.85. The monoisotopic (exact) mass is 342 g/mol. The number of benzene rings is 1. The molecule has 5 nitrogen and oxygen atoms in total. The van der Waals surface area contributed by atoms with E-state index in [0.717, 1.165) is 18.5 Å². The fourth-order valence-electron chi connectivity index (χ4n) is 3.03. The fourth-order valence-corrected chi connectivity index (χ4v) is 3.21. The van der Waals surface area contributed by atoms with Crippen LogP contribution in [0.1, 0.15) is 10.6 Å². The van der Waals surface area contributed by atoms with Gasteiger partial charge in [-0.1, -0.05) is 11.6 Å². The van der Waals surface area contributed by atoms with Gasteiger partial charge in [-0.05, 0) is 24.3 Å². The Kier molecular flexibility index (Phi) is 3.86. The molecule has 1 saturated heterocycles. The second-order valence-electron chi connectivity index (χ2n) is 5.83. The average Bonchev–Trinajstić information content (AvgIpc) is 3.05. The molecule has 3 aromatic rings. The van der Waals surface area contributed by atoms with Crippen LogP contribution in [-0.2, 0) is 0 Å². The molecule has 1 N–H and O–H groups in total. The highest BCUT2D eigenvalue weighted by atomic mass is 35.5. The van der Waals surface area contributed by atoms with Crippen LogP contribution in [0.25, 0.3) is 11.0 Å². The molecule has 1 aromatic carbocycles. The minimum absolute atomic E-state index is 0.0663. The topological polar surface area (TPSA) is 50.8 Å². The second kappa shape index (κ2) is 6.17. The number of nitrogens with one attached hydrogen (secondary N) is 1. The fraction of sp³-hybridized carbons (Fsp3) is 0.222. The van der Waals surface area contributed by atoms with Gasteiger partial charge in [0, 0.05) is 54.4 Å². The molecule has 0 bridgehead atoms. The number of carbonyl (C=O) groups excluding carboxylic acids is 1. The number of halogens is 1. The maximum absolute atomic E-state index is 12.7. The first-order valence-corrected chi connectivity index (χ1v) is 8.28. The highest BCUT2D eigenvalue weighted by Gasteiger charge is 2.24. The summed E-state index contributed by atoms with van der Waals surface area (Å²) in [6.07, 6.45) is 3.82. The van der Waals surface area contributed by atoms with Crippen LogP contribution in [0.15, 0.2) is 53.2 Å². The number of amides is 1. The second-order valence-corrected chi connectivity index (χ2v) is 6.27. The van der Waals surface area contributed by atoms with Gasteiger partial charge in [0.1, 0.15) is 5.58 Å². The van der Waals surface area contributed by atoms with E-state index in [-0.39, 0.29) is 5.91 Å². The SMILES string of the molecule is O=C(c1cc2cc(Cl)ccc2o1)N1CCN(c2cc[nH+]cc2)CC1. The van der Waals surface area contributed by atoms with E-state index in [2.05, 4.69) is 9.88 Å². The lowest BCUT2D eigenvalue weighted by Crippen LogP contribution is -2.48. The molecule has 0 unspecified atom stereocenters. The van der Waals surface area contributed by atoms with Gasteiger partial charge in [-0.2, -0.15) is 0 Å². The number of fused-ring (bicyclic) bond motifs is 1. The molecule has 1 fully saturated rings. The van der Waals surface area contributed by atoms with Crippen molar-refractivity contribution >= 4 is 34.2 Å². The third-order valence-corrected chi connectivity index (χ3v) is 4.56. The van der Waals surface area contributed by atoms with E-state index >= 15 is 0 Å². The molecule has 0 spiro atoms. The predicted molar refractivity (Wildman–Crippen MR) is 92.3 cm³/mol. The summed E-state index contributed by atoms with van der Waals surface area (Å²) >= 11 is 5.99. The van der Waals surface area contributed by atoms with Crippen molar-refractivity contribution in [1.82, 2.24) is 4.90 Å². The van der Waals surface area contributed by atoms with Crippen molar-refractivity contribution in [2.75, 3.05) is 31.1 Å². The molecular weight excluding hydrogens is 326 g/mol. The Labute approximate surface area is 144 Å². The number of pyridine rings is 1. The zero-order valence-electron chi connectivity index (χ0n) is 13.0. The molecule has 2 aromatic heterocycles. The van der Waals surface area contributed by atoms with Gasteiger partial charge < -0.3 is 14.2 Å². The molecule has 0 atom stereocenters. The standard InChI is InChI=1S/C18H16ClN3O2/c19-14-1-2-16-13(11-14)12-17(24-16)18(23)22-9-7-21(8-10-22)15-3-5-20-6-4-15/h1-6,11-12H,7-10H2/p+1. The molecule has 1 aliphatic rings. The molecule has 4 rings (SSSR count). The van der Waals surface area contributed by atoms with Crippen LogP contribution in [0, 0.1) is 0 Å². The zero-order valence-corrected chi connectivity index (χ0v) is 13.8. The predicted octanol–water partition coefficient (Wildman–Crippen LogP) is 2.86. The molecule has 1 amide bonds. The van der Waals surface area contributed by atoms with Crippen molar-refractivity contribution < 1.29 is 14.2 Å². The van der Waals surface area contributed by atoms with Crippen molar-refractivity contribution in [3.05, 3.63) is 59.6 Å². The summed E-state index contributed by atoms with van der Waals surface area (Å²) in [7, 11) is 0. The van der Waals surface area contributed by atoms with E-state index in [4.69, 9.17) is 16.0 Å². The lowest BCUT2D eigenvalue weighted by molar-refractivity contribution is -0.377. The third kappa shape index (κ3) is 2.83. The number of rotatable bonds is 2. The maximum Gasteiger partial charge on any atom is 0.289 e. The number of aromatic amines is 1. The van der Waals surface area contributed by atoms with Gasteiger partial charge in [-0.25, -0.2) is 4.98 Å². The minimum Gasteiger partial charge on any atom is -0.451 e. The van der Waals surface area contributed by atoms with Gasteiger partial charge in [0.2, 0.25) is 0 Å². The average molecular weight is 343 g/mol. The number of carbonyl (C=O) groups is 1. The molecule has 122 valence electrons. The molecular formula is C18H17ClN3O2+. The van der Waals surface area contributed by atoms with Gasteiger partial charge >= 0.3 is 0 Å². The van der Waals surface area contributed by atoms with E-state index in [9.17, 15) is 4.79 Å². The molecule has 1 aliphatic heterocycles. The van der Waals surface area contributed by atoms with Gasteiger partial charge in [-0.3, -0.25) is 4.79 Å². The van der Waals surface area contributed by atoms with Crippen LogP contribution in [0.3, 0.4) is 0 Å². The highest BCUT2D eigenvalue weighted by Crippen LogP contribution is 2.24. The van der Waals surface area contributed by atoms with Crippen molar-refractivity contribution in [2.45, 2.75) is 0 Å². The molecule has 6 heteroatoms. The molecule has 0 aliphatic carbocycles.